The standard InChI is InChI=1S/C40H52O4.C38H49O10P.C16H23O10P.C6H8O6.CH4.H3O4P/c1-27(17-13-19-29(3)21-23-33-31(5)37(43)35(41)25-39(33,7)8)15-11-12-16-28(2)18-14-20-30(4)22-24-34-32(6)38(44)36(42)26-40(34,9)10;1-9-14-25(2)17-12-18-26(3)15-10-11-16-27(4)19-13-20-28(5)21-22-30-29(6)33(40)32(23-38(30,7)8)48-49(44,45)46-24-31(39)36-34(41)35(42)37(43)47-36;1-7-8(2)16(3,4)5-10(11(7)18)26-27(22,23)24-6-9(17)14-12(19)13(20)15(21)25-14;7-1-2(8)5-3(9)4(10)6(11)12-5;;1-5(2,3)4/h11-24,35-36,41-42H,25-26H2,1-10H3;9-22,31-32,36,39,41-42H,23-24H2,1-8H3,(H,44,45);9-10,14,17,19-20H,5-6H2,1-4H3,(H,22,23);2,5,7-10H,1H2;1H4;(H3,1,2,3,4)/p-2/b12-11+,17-13+,18-14+,23-21+,24-22+,27-15+,28-16+,29-19+,30-20+;11-10+,14-9+,18-12+,19-13+,22-21+,25-17+,26-15+,27-16+,28-20+;;;;/t;31-,32?,36+;9-,10?,14+;2-,5+;;/m.000../s1. The van der Waals surface area contributed by atoms with Gasteiger partial charge in [-0.3, -0.25) is 37.3 Å². The zero-order valence-electron chi connectivity index (χ0n) is 81.2. The Labute approximate surface area is 807 Å². The molecule has 6 unspecified atom stereocenters. The SMILES string of the molecule is C.C/C=C/C(C)=C/C=C/C(C)=C/C=C/C=C(C)/C=C/C=C(C)/C=C/C1=C(C)C(=O)C(OP(=O)(O)OC[C@H](O)[C@H]2OC(=O)C([O-])=C2O)CC1(C)C.CC1=C(/C=C/C(C)=C/C=C/C(C)=C/C=C/C=C(C)/C=C/C=C(C)/C=C/C2=C(C)C(=O)C(O)CC2(C)C)C(C)(C)CC(O)C1=O.CC1=C(C)C(C)(C)CC(OP(=O)(O)OC[C@H](O)[C@H]2OC(=O)C([O-])=C2O)C1=O.O=C1O[C@H]([C@@H](O)CO)C(O)=C1O.O=P(O)(O)O. The molecule has 4 aliphatic carbocycles. The fourth-order valence-electron chi connectivity index (χ4n) is 14.3. The summed E-state index contributed by atoms with van der Waals surface area (Å²) in [5.41, 5.74) is 12.8. The van der Waals surface area contributed by atoms with Gasteiger partial charge in [-0.1, -0.05) is 283 Å². The van der Waals surface area contributed by atoms with E-state index < -0.39 is 179 Å². The third kappa shape index (κ3) is 39.6. The minimum absolute atomic E-state index is 0. The molecule has 37 heteroatoms. The number of phosphoric acid groups is 3. The third-order valence-corrected chi connectivity index (χ3v) is 24.3. The average molecular weight is 1990 g/mol. The maximum atomic E-state index is 13.2. The first kappa shape index (κ1) is 124. The molecule has 0 radical (unpaired) electrons. The molecule has 0 fully saturated rings. The van der Waals surface area contributed by atoms with Crippen LogP contribution in [0.2, 0.25) is 0 Å². The molecule has 0 aromatic rings. The van der Waals surface area contributed by atoms with Gasteiger partial charge in [0.05, 0.1) is 19.8 Å². The first-order valence-corrected chi connectivity index (χ1v) is 47.9. The smallest absolute Gasteiger partial charge is 0.472 e. The molecule has 7 rings (SSSR count). The Morgan fingerprint density at radius 2 is 0.659 bits per heavy atom. The number of Topliss-reactive ketones (excluding diaryl/α,β-unsaturated/α-hetero) is 4. The van der Waals surface area contributed by atoms with Crippen LogP contribution in [0.5, 0.6) is 0 Å². The van der Waals surface area contributed by atoms with Gasteiger partial charge in [0.15, 0.2) is 47.2 Å². The molecular weight excluding hydrogens is 1850 g/mol. The first-order chi connectivity index (χ1) is 63.2. The van der Waals surface area contributed by atoms with Crippen LogP contribution in [-0.2, 0) is 79.6 Å². The van der Waals surface area contributed by atoms with Gasteiger partial charge in [-0.15, -0.1) is 0 Å². The molecule has 0 saturated heterocycles. The van der Waals surface area contributed by atoms with Gasteiger partial charge in [-0.25, -0.2) is 28.1 Å². The maximum absolute atomic E-state index is 13.2. The van der Waals surface area contributed by atoms with Crippen LogP contribution in [-0.4, -0.2) is 197 Å². The summed E-state index contributed by atoms with van der Waals surface area (Å²) >= 11 is 0. The Balaban J connectivity index is 0.000000657. The van der Waals surface area contributed by atoms with Gasteiger partial charge in [0.1, 0.15) is 54.2 Å². The summed E-state index contributed by atoms with van der Waals surface area (Å²) < 4.78 is 66.6. The van der Waals surface area contributed by atoms with Crippen molar-refractivity contribution in [3.63, 3.8) is 0 Å². The number of esters is 3. The number of hydrogen-bond acceptors (Lipinski definition) is 29. The fraction of sp³-hybridized carbons (Fsp3) is 0.436. The van der Waals surface area contributed by atoms with Crippen LogP contribution in [0.15, 0.2) is 294 Å². The van der Waals surface area contributed by atoms with Crippen molar-refractivity contribution in [2.45, 2.75) is 246 Å². The minimum atomic E-state index is -4.89. The van der Waals surface area contributed by atoms with E-state index in [1.165, 1.54) is 5.57 Å². The second-order valence-corrected chi connectivity index (χ2v) is 39.8. The van der Waals surface area contributed by atoms with Crippen LogP contribution in [0, 0.1) is 21.7 Å². The third-order valence-electron chi connectivity index (χ3n) is 22.3. The zero-order valence-corrected chi connectivity index (χ0v) is 83.9. The van der Waals surface area contributed by atoms with Crippen LogP contribution in [0.4, 0.5) is 0 Å². The molecule has 0 bridgehead atoms. The van der Waals surface area contributed by atoms with E-state index in [0.717, 1.165) is 61.3 Å². The maximum Gasteiger partial charge on any atom is 0.472 e. The molecule has 7 aliphatic rings. The normalized spacial score (nSPS) is 24.6. The molecule has 0 aromatic heterocycles. The lowest BCUT2D eigenvalue weighted by Crippen LogP contribution is -2.37. The predicted octanol–water partition coefficient (Wildman–Crippen LogP) is 14.3. The van der Waals surface area contributed by atoms with Crippen molar-refractivity contribution in [1.29, 1.82) is 0 Å². The van der Waals surface area contributed by atoms with Crippen molar-refractivity contribution < 1.29 is 165 Å². The molecule has 34 nitrogen and oxygen atoms in total. The topological polar surface area (TPSA) is 585 Å². The predicted molar refractivity (Wildman–Crippen MR) is 518 cm³/mol. The number of ketones is 4. The van der Waals surface area contributed by atoms with Crippen LogP contribution < -0.4 is 10.2 Å². The van der Waals surface area contributed by atoms with Gasteiger partial charge < -0.3 is 100.0 Å². The Hall–Kier alpha value is -10.5. The highest BCUT2D eigenvalue weighted by Gasteiger charge is 2.47. The number of hydrogen-bond donors (Lipinski definition) is 15. The van der Waals surface area contributed by atoms with E-state index in [4.69, 9.17) is 53.2 Å². The van der Waals surface area contributed by atoms with Crippen LogP contribution in [0.1, 0.15) is 185 Å². The molecule has 138 heavy (non-hydrogen) atoms. The molecule has 3 heterocycles. The van der Waals surface area contributed by atoms with Crippen molar-refractivity contribution in [3.05, 3.63) is 294 Å². The van der Waals surface area contributed by atoms with Crippen LogP contribution in [0.3, 0.4) is 0 Å². The molecule has 0 aromatic carbocycles. The second-order valence-electron chi connectivity index (χ2n) is 36.0. The number of cyclic esters (lactones) is 3. The highest BCUT2D eigenvalue weighted by atomic mass is 31.2. The second kappa shape index (κ2) is 54.9. The first-order valence-electron chi connectivity index (χ1n) is 43.3. The number of allylic oxidation sites excluding steroid dienone is 40. The molecule has 762 valence electrons. The highest BCUT2D eigenvalue weighted by Crippen LogP contribution is 2.52. The van der Waals surface area contributed by atoms with Gasteiger partial charge in [0.25, 0.3) is 0 Å². The molecule has 0 saturated carbocycles. The number of aliphatic hydroxyl groups excluding tert-OH is 10. The molecule has 12 atom stereocenters. The van der Waals surface area contributed by atoms with E-state index in [9.17, 15) is 93.3 Å². The van der Waals surface area contributed by atoms with Gasteiger partial charge in [0.2, 0.25) is 5.76 Å². The molecule has 3 aliphatic heterocycles. The van der Waals surface area contributed by atoms with Crippen molar-refractivity contribution in [3.8, 4) is 0 Å². The minimum Gasteiger partial charge on any atom is -0.865 e. The largest absolute Gasteiger partial charge is 0.865 e. The summed E-state index contributed by atoms with van der Waals surface area (Å²) in [4.78, 5) is 124. The Bertz CT molecular complexity index is 5340. The van der Waals surface area contributed by atoms with Gasteiger partial charge in [-0.2, -0.15) is 0 Å². The van der Waals surface area contributed by atoms with E-state index >= 15 is 0 Å². The Morgan fingerprint density at radius 3 is 0.942 bits per heavy atom. The van der Waals surface area contributed by atoms with Crippen LogP contribution in [0.25, 0.3) is 0 Å². The van der Waals surface area contributed by atoms with Crippen molar-refractivity contribution in [1.82, 2.24) is 0 Å². The Morgan fingerprint density at radius 1 is 0.399 bits per heavy atom. The molecule has 0 amide bonds. The lowest BCUT2D eigenvalue weighted by atomic mass is 9.71. The van der Waals surface area contributed by atoms with E-state index in [2.05, 4.69) is 110 Å². The van der Waals surface area contributed by atoms with Crippen molar-refractivity contribution in [2.24, 2.45) is 21.7 Å². The van der Waals surface area contributed by atoms with Crippen molar-refractivity contribution >= 4 is 64.5 Å². The number of carbonyl (C=O) groups excluding carboxylic acids is 7. The summed E-state index contributed by atoms with van der Waals surface area (Å²) in [7, 11) is -14.3. The molecular formula is C101H137O34P3-2. The van der Waals surface area contributed by atoms with Gasteiger partial charge in [-0.05, 0) is 183 Å². The van der Waals surface area contributed by atoms with E-state index in [1.54, 1.807) is 27.7 Å². The quantitative estimate of drug-likeness (QED) is 0.0126. The van der Waals surface area contributed by atoms with Crippen LogP contribution >= 0.6 is 23.5 Å². The van der Waals surface area contributed by atoms with E-state index in [0.29, 0.717) is 35.1 Å². The summed E-state index contributed by atoms with van der Waals surface area (Å²) in [5, 5.41) is 117. The average Bonchev–Trinajstić information content (AvgIpc) is 0.791. The lowest BCUT2D eigenvalue weighted by molar-refractivity contribution is -0.303. The molecule has 0 spiro atoms. The van der Waals surface area contributed by atoms with E-state index in [-0.39, 0.29) is 42.7 Å². The van der Waals surface area contributed by atoms with Gasteiger partial charge >= 0.3 is 41.4 Å². The fourth-order valence-corrected chi connectivity index (χ4v) is 16.1. The van der Waals surface area contributed by atoms with Crippen molar-refractivity contribution in [2.75, 3.05) is 19.8 Å². The monoisotopic (exact) mass is 1990 g/mol. The summed E-state index contributed by atoms with van der Waals surface area (Å²) in [6, 6.07) is 0. The number of rotatable bonds is 33. The number of phosphoric ester groups is 2. The number of aliphatic hydroxyl groups is 10. The van der Waals surface area contributed by atoms with E-state index in [1.807, 2.05) is 204 Å². The zero-order chi connectivity index (χ0) is 105. The number of ether oxygens (including phenoxy) is 3. The summed E-state index contributed by atoms with van der Waals surface area (Å²) in [5.74, 6) is -11.5. The summed E-state index contributed by atoms with van der Waals surface area (Å²) in [6.45, 7) is 40.1. The number of carbonyl (C=O) groups is 7. The molecule has 15 N–H and O–H groups in total. The highest BCUT2D eigenvalue weighted by molar-refractivity contribution is 7.47. The lowest BCUT2D eigenvalue weighted by Gasteiger charge is -2.36. The Kier molecular flexibility index (Phi) is 49.1. The van der Waals surface area contributed by atoms with Gasteiger partial charge in [0, 0.05) is 11.5 Å². The summed E-state index contributed by atoms with van der Waals surface area (Å²) in [6.07, 6.45) is 43.2.